The van der Waals surface area contributed by atoms with E-state index in [1.54, 1.807) is 48.5 Å². The zero-order chi connectivity index (χ0) is 16.8. The number of halogens is 2. The number of hydrogen-bond acceptors (Lipinski definition) is 3. The van der Waals surface area contributed by atoms with Crippen molar-refractivity contribution >= 4 is 51.2 Å². The van der Waals surface area contributed by atoms with Crippen LogP contribution in [-0.4, -0.2) is 19.0 Å². The van der Waals surface area contributed by atoms with Crippen LogP contribution in [0, 0.1) is 0 Å². The van der Waals surface area contributed by atoms with Gasteiger partial charge in [0.2, 0.25) is 5.91 Å². The van der Waals surface area contributed by atoms with Crippen LogP contribution in [-0.2, 0) is 9.53 Å². The van der Waals surface area contributed by atoms with E-state index >= 15 is 0 Å². The van der Waals surface area contributed by atoms with E-state index in [1.807, 2.05) is 0 Å². The van der Waals surface area contributed by atoms with Crippen LogP contribution in [0.3, 0.4) is 0 Å². The Labute approximate surface area is 147 Å². The number of benzene rings is 2. The van der Waals surface area contributed by atoms with Crippen molar-refractivity contribution in [3.63, 3.8) is 0 Å². The number of esters is 1. The van der Waals surface area contributed by atoms with Gasteiger partial charge in [0.05, 0.1) is 23.4 Å². The minimum Gasteiger partial charge on any atom is -0.465 e. The molecule has 0 bridgehead atoms. The van der Waals surface area contributed by atoms with Gasteiger partial charge in [-0.1, -0.05) is 39.7 Å². The Hall–Kier alpha value is -2.11. The zero-order valence-corrected chi connectivity index (χ0v) is 14.5. The summed E-state index contributed by atoms with van der Waals surface area (Å²) in [7, 11) is 1.33. The Kier molecular flexibility index (Phi) is 5.96. The molecule has 0 aliphatic heterocycles. The first-order chi connectivity index (χ1) is 11.0. The average Bonchev–Trinajstić information content (AvgIpc) is 2.55. The Bertz CT molecular complexity index is 757. The maximum absolute atomic E-state index is 11.9. The lowest BCUT2D eigenvalue weighted by atomic mass is 10.1. The summed E-state index contributed by atoms with van der Waals surface area (Å²) in [6, 6.07) is 11.9. The molecule has 1 amide bonds. The predicted molar refractivity (Wildman–Crippen MR) is 94.6 cm³/mol. The molecule has 118 valence electrons. The number of nitrogens with one attached hydrogen (secondary N) is 1. The number of rotatable bonds is 4. The van der Waals surface area contributed by atoms with Crippen LogP contribution >= 0.6 is 27.5 Å². The summed E-state index contributed by atoms with van der Waals surface area (Å²) in [5.41, 5.74) is 1.77. The largest absolute Gasteiger partial charge is 0.465 e. The molecule has 0 fully saturated rings. The molecule has 2 aromatic rings. The molecule has 4 nitrogen and oxygen atoms in total. The van der Waals surface area contributed by atoms with E-state index in [2.05, 4.69) is 26.0 Å². The van der Waals surface area contributed by atoms with Gasteiger partial charge in [0.15, 0.2) is 0 Å². The van der Waals surface area contributed by atoms with E-state index in [9.17, 15) is 9.59 Å². The Balaban J connectivity index is 2.02. The molecular formula is C17H13BrClNO3. The summed E-state index contributed by atoms with van der Waals surface area (Å²) in [5, 5.41) is 3.14. The molecule has 2 aromatic carbocycles. The van der Waals surface area contributed by atoms with E-state index in [0.29, 0.717) is 16.3 Å². The quantitative estimate of drug-likeness (QED) is 0.612. The Morgan fingerprint density at radius 2 is 1.87 bits per heavy atom. The second-order valence-corrected chi connectivity index (χ2v) is 5.88. The minimum atomic E-state index is -0.400. The maximum Gasteiger partial charge on any atom is 0.337 e. The van der Waals surface area contributed by atoms with Crippen molar-refractivity contribution in [3.8, 4) is 0 Å². The van der Waals surface area contributed by atoms with Crippen LogP contribution in [0.4, 0.5) is 5.69 Å². The first-order valence-corrected chi connectivity index (χ1v) is 7.79. The van der Waals surface area contributed by atoms with Gasteiger partial charge in [-0.2, -0.15) is 0 Å². The van der Waals surface area contributed by atoms with Crippen molar-refractivity contribution in [2.75, 3.05) is 12.4 Å². The summed E-state index contributed by atoms with van der Waals surface area (Å²) < 4.78 is 5.46. The normalized spacial score (nSPS) is 10.6. The van der Waals surface area contributed by atoms with Crippen LogP contribution in [0.2, 0.25) is 5.02 Å². The highest BCUT2D eigenvalue weighted by Crippen LogP contribution is 2.25. The SMILES string of the molecule is COC(=O)c1ccc(/C=C/C(=O)Nc2ccc(Br)cc2Cl)cc1. The summed E-state index contributed by atoms with van der Waals surface area (Å²) >= 11 is 9.34. The van der Waals surface area contributed by atoms with Gasteiger partial charge in [0.25, 0.3) is 0 Å². The lowest BCUT2D eigenvalue weighted by Gasteiger charge is -2.05. The van der Waals surface area contributed by atoms with E-state index in [-0.39, 0.29) is 5.91 Å². The molecule has 0 aromatic heterocycles. The van der Waals surface area contributed by atoms with E-state index in [4.69, 9.17) is 11.6 Å². The molecule has 2 rings (SSSR count). The average molecular weight is 395 g/mol. The highest BCUT2D eigenvalue weighted by atomic mass is 79.9. The summed E-state index contributed by atoms with van der Waals surface area (Å²) in [6.45, 7) is 0. The van der Waals surface area contributed by atoms with E-state index < -0.39 is 5.97 Å². The third kappa shape index (κ3) is 4.94. The molecule has 23 heavy (non-hydrogen) atoms. The zero-order valence-electron chi connectivity index (χ0n) is 12.2. The monoisotopic (exact) mass is 393 g/mol. The van der Waals surface area contributed by atoms with Gasteiger partial charge in [-0.15, -0.1) is 0 Å². The molecule has 0 saturated carbocycles. The first-order valence-electron chi connectivity index (χ1n) is 6.62. The van der Waals surface area contributed by atoms with Gasteiger partial charge in [-0.25, -0.2) is 4.79 Å². The third-order valence-corrected chi connectivity index (χ3v) is 3.75. The highest BCUT2D eigenvalue weighted by molar-refractivity contribution is 9.10. The minimum absolute atomic E-state index is 0.300. The van der Waals surface area contributed by atoms with Crippen molar-refractivity contribution in [2.24, 2.45) is 0 Å². The van der Waals surface area contributed by atoms with Crippen molar-refractivity contribution in [1.29, 1.82) is 0 Å². The summed E-state index contributed by atoms with van der Waals surface area (Å²) in [4.78, 5) is 23.2. The molecular weight excluding hydrogens is 382 g/mol. The molecule has 0 saturated heterocycles. The van der Waals surface area contributed by atoms with Gasteiger partial charge in [0, 0.05) is 10.5 Å². The van der Waals surface area contributed by atoms with Gasteiger partial charge in [-0.05, 0) is 42.0 Å². The standard InChI is InChI=1S/C17H13BrClNO3/c1-23-17(22)12-5-2-11(3-6-12)4-9-16(21)20-15-8-7-13(18)10-14(15)19/h2-10H,1H3,(H,20,21)/b9-4+. The number of anilines is 1. The smallest absolute Gasteiger partial charge is 0.337 e. The fourth-order valence-electron chi connectivity index (χ4n) is 1.79. The predicted octanol–water partition coefficient (Wildman–Crippen LogP) is 4.54. The highest BCUT2D eigenvalue weighted by Gasteiger charge is 2.05. The molecule has 0 heterocycles. The molecule has 0 aliphatic carbocycles. The third-order valence-electron chi connectivity index (χ3n) is 2.95. The lowest BCUT2D eigenvalue weighted by molar-refractivity contribution is -0.111. The number of ether oxygens (including phenoxy) is 1. The molecule has 0 radical (unpaired) electrons. The number of hydrogen-bond donors (Lipinski definition) is 1. The van der Waals surface area contributed by atoms with Crippen molar-refractivity contribution in [1.82, 2.24) is 0 Å². The molecule has 0 spiro atoms. The van der Waals surface area contributed by atoms with Crippen LogP contribution < -0.4 is 5.32 Å². The Morgan fingerprint density at radius 1 is 1.17 bits per heavy atom. The number of amides is 1. The number of carbonyl (C=O) groups excluding carboxylic acids is 2. The van der Waals surface area contributed by atoms with Crippen LogP contribution in [0.1, 0.15) is 15.9 Å². The molecule has 1 N–H and O–H groups in total. The fourth-order valence-corrected chi connectivity index (χ4v) is 2.51. The number of carbonyl (C=O) groups is 2. The topological polar surface area (TPSA) is 55.4 Å². The van der Waals surface area contributed by atoms with Gasteiger partial charge >= 0.3 is 5.97 Å². The molecule has 0 aliphatic rings. The van der Waals surface area contributed by atoms with Crippen LogP contribution in [0.5, 0.6) is 0 Å². The molecule has 0 atom stereocenters. The van der Waals surface area contributed by atoms with Crippen molar-refractivity contribution in [2.45, 2.75) is 0 Å². The number of methoxy groups -OCH3 is 1. The van der Waals surface area contributed by atoms with E-state index in [1.165, 1.54) is 13.2 Å². The maximum atomic E-state index is 11.9. The first kappa shape index (κ1) is 17.2. The fraction of sp³-hybridized carbons (Fsp3) is 0.0588. The molecule has 0 unspecified atom stereocenters. The Morgan fingerprint density at radius 3 is 2.48 bits per heavy atom. The van der Waals surface area contributed by atoms with E-state index in [0.717, 1.165) is 10.0 Å². The van der Waals surface area contributed by atoms with Crippen molar-refractivity contribution < 1.29 is 14.3 Å². The van der Waals surface area contributed by atoms with Gasteiger partial charge in [0.1, 0.15) is 0 Å². The van der Waals surface area contributed by atoms with Gasteiger partial charge < -0.3 is 10.1 Å². The lowest BCUT2D eigenvalue weighted by Crippen LogP contribution is -2.08. The second-order valence-electron chi connectivity index (χ2n) is 4.56. The second kappa shape index (κ2) is 7.94. The summed E-state index contributed by atoms with van der Waals surface area (Å²) in [6.07, 6.45) is 3.04. The van der Waals surface area contributed by atoms with Crippen molar-refractivity contribution in [3.05, 3.63) is 69.2 Å². The summed E-state index contributed by atoms with van der Waals surface area (Å²) in [5.74, 6) is -0.700. The van der Waals surface area contributed by atoms with Crippen LogP contribution in [0.15, 0.2) is 53.0 Å². The molecule has 6 heteroatoms. The van der Waals surface area contributed by atoms with Crippen LogP contribution in [0.25, 0.3) is 6.08 Å². The van der Waals surface area contributed by atoms with Gasteiger partial charge in [-0.3, -0.25) is 4.79 Å².